The third-order valence-electron chi connectivity index (χ3n) is 4.82. The Balaban J connectivity index is 1.53. The molecule has 0 fully saturated rings. The van der Waals surface area contributed by atoms with Crippen LogP contribution in [0.3, 0.4) is 0 Å². The monoisotopic (exact) mass is 436 g/mol. The summed E-state index contributed by atoms with van der Waals surface area (Å²) in [5.41, 5.74) is 5.69. The van der Waals surface area contributed by atoms with Gasteiger partial charge in [-0.25, -0.2) is 5.43 Å². The minimum absolute atomic E-state index is 0.187. The molecule has 1 amide bonds. The lowest BCUT2D eigenvalue weighted by atomic mass is 10.2. The fourth-order valence-corrected chi connectivity index (χ4v) is 3.98. The summed E-state index contributed by atoms with van der Waals surface area (Å²) < 4.78 is 2.01. The molecule has 162 valence electrons. The number of nitrogens with zero attached hydrogens (tertiary/aromatic N) is 5. The molecular formula is C23H28N6OS. The summed E-state index contributed by atoms with van der Waals surface area (Å²) in [5, 5.41) is 13.3. The number of anilines is 1. The molecule has 3 rings (SSSR count). The van der Waals surface area contributed by atoms with E-state index in [1.807, 2.05) is 54.0 Å². The maximum Gasteiger partial charge on any atom is 0.250 e. The van der Waals surface area contributed by atoms with E-state index < -0.39 is 0 Å². The van der Waals surface area contributed by atoms with Crippen LogP contribution in [0.25, 0.3) is 11.4 Å². The van der Waals surface area contributed by atoms with E-state index in [1.165, 1.54) is 17.4 Å². The fourth-order valence-electron chi connectivity index (χ4n) is 3.18. The zero-order valence-corrected chi connectivity index (χ0v) is 19.0. The average Bonchev–Trinajstić information content (AvgIpc) is 3.23. The molecule has 7 nitrogen and oxygen atoms in total. The molecule has 0 radical (unpaired) electrons. The first-order chi connectivity index (χ1) is 15.2. The Morgan fingerprint density at radius 3 is 2.42 bits per heavy atom. The van der Waals surface area contributed by atoms with Crippen LogP contribution in [0.15, 0.2) is 64.9 Å². The number of nitrogens with one attached hydrogen (secondary N) is 1. The smallest absolute Gasteiger partial charge is 0.250 e. The summed E-state index contributed by atoms with van der Waals surface area (Å²) in [7, 11) is 0. The van der Waals surface area contributed by atoms with Crippen LogP contribution >= 0.6 is 11.8 Å². The van der Waals surface area contributed by atoms with E-state index in [0.717, 1.165) is 36.6 Å². The highest BCUT2D eigenvalue weighted by molar-refractivity contribution is 7.99. The minimum Gasteiger partial charge on any atom is -0.372 e. The molecular weight excluding hydrogens is 408 g/mol. The van der Waals surface area contributed by atoms with Gasteiger partial charge in [0.1, 0.15) is 0 Å². The van der Waals surface area contributed by atoms with Crippen LogP contribution in [-0.2, 0) is 11.3 Å². The number of amides is 1. The van der Waals surface area contributed by atoms with Gasteiger partial charge in [0, 0.05) is 30.9 Å². The Kier molecular flexibility index (Phi) is 8.23. The van der Waals surface area contributed by atoms with Gasteiger partial charge in [-0.05, 0) is 38.5 Å². The van der Waals surface area contributed by atoms with E-state index in [1.54, 1.807) is 6.21 Å². The molecule has 1 N–H and O–H groups in total. The van der Waals surface area contributed by atoms with Crippen molar-refractivity contribution in [2.45, 2.75) is 32.5 Å². The van der Waals surface area contributed by atoms with Gasteiger partial charge in [-0.15, -0.1) is 10.2 Å². The lowest BCUT2D eigenvalue weighted by molar-refractivity contribution is -0.118. The Morgan fingerprint density at radius 1 is 1.06 bits per heavy atom. The molecule has 8 heteroatoms. The SMILES string of the molecule is CCN(CC)c1ccc(/C=N/NC(=O)CSc2nnc(-c3ccccc3)n2CC)cc1. The number of carbonyl (C=O) groups is 1. The van der Waals surface area contributed by atoms with Crippen molar-refractivity contribution in [1.82, 2.24) is 20.2 Å². The number of aromatic nitrogens is 3. The van der Waals surface area contributed by atoms with Crippen molar-refractivity contribution in [3.8, 4) is 11.4 Å². The van der Waals surface area contributed by atoms with Crippen molar-refractivity contribution >= 4 is 29.6 Å². The summed E-state index contributed by atoms with van der Waals surface area (Å²) >= 11 is 1.35. The lowest BCUT2D eigenvalue weighted by Gasteiger charge is -2.20. The van der Waals surface area contributed by atoms with Gasteiger partial charge in [0.2, 0.25) is 0 Å². The normalized spacial score (nSPS) is 11.1. The van der Waals surface area contributed by atoms with Gasteiger partial charge in [-0.3, -0.25) is 4.79 Å². The number of rotatable bonds is 10. The highest BCUT2D eigenvalue weighted by Crippen LogP contribution is 2.23. The number of benzene rings is 2. The van der Waals surface area contributed by atoms with Crippen molar-refractivity contribution in [2.24, 2.45) is 5.10 Å². The van der Waals surface area contributed by atoms with E-state index in [4.69, 9.17) is 0 Å². The highest BCUT2D eigenvalue weighted by atomic mass is 32.2. The first-order valence-corrected chi connectivity index (χ1v) is 11.4. The predicted molar refractivity (Wildman–Crippen MR) is 128 cm³/mol. The number of carbonyl (C=O) groups excluding carboxylic acids is 1. The molecule has 0 saturated carbocycles. The number of hydrazone groups is 1. The van der Waals surface area contributed by atoms with Crippen LogP contribution in [0.1, 0.15) is 26.3 Å². The summed E-state index contributed by atoms with van der Waals surface area (Å²) in [6.07, 6.45) is 1.65. The Morgan fingerprint density at radius 2 is 1.77 bits per heavy atom. The van der Waals surface area contributed by atoms with E-state index in [2.05, 4.69) is 51.6 Å². The van der Waals surface area contributed by atoms with Gasteiger partial charge in [-0.2, -0.15) is 5.10 Å². The molecule has 3 aromatic rings. The minimum atomic E-state index is -0.187. The van der Waals surface area contributed by atoms with Crippen LogP contribution < -0.4 is 10.3 Å². The van der Waals surface area contributed by atoms with Crippen LogP contribution in [0.5, 0.6) is 0 Å². The molecule has 0 unspecified atom stereocenters. The largest absolute Gasteiger partial charge is 0.372 e. The molecule has 0 aliphatic heterocycles. The first kappa shape index (κ1) is 22.6. The first-order valence-electron chi connectivity index (χ1n) is 10.4. The summed E-state index contributed by atoms with van der Waals surface area (Å²) in [6.45, 7) is 8.97. The Labute approximate surface area is 187 Å². The standard InChI is InChI=1S/C23H28N6OS/c1-4-28(5-2)20-14-12-18(13-15-20)16-24-25-21(30)17-31-23-27-26-22(29(23)6-3)19-10-8-7-9-11-19/h7-16H,4-6,17H2,1-3H3,(H,25,30)/b24-16+. The van der Waals surface area contributed by atoms with Crippen LogP contribution in [-0.4, -0.2) is 45.7 Å². The second-order valence-electron chi connectivity index (χ2n) is 6.76. The highest BCUT2D eigenvalue weighted by Gasteiger charge is 2.14. The molecule has 0 atom stereocenters. The molecule has 1 heterocycles. The maximum absolute atomic E-state index is 12.2. The van der Waals surface area contributed by atoms with Crippen molar-refractivity contribution in [3.05, 3.63) is 60.2 Å². The van der Waals surface area contributed by atoms with Crippen LogP contribution in [0.2, 0.25) is 0 Å². The Hall–Kier alpha value is -3.13. The quantitative estimate of drug-likeness (QED) is 0.295. The van der Waals surface area contributed by atoms with Gasteiger partial charge in [-0.1, -0.05) is 54.2 Å². The summed E-state index contributed by atoms with van der Waals surface area (Å²) in [4.78, 5) is 14.5. The van der Waals surface area contributed by atoms with Crippen molar-refractivity contribution < 1.29 is 4.79 Å². The number of hydrogen-bond donors (Lipinski definition) is 1. The third-order valence-corrected chi connectivity index (χ3v) is 5.79. The molecule has 1 aromatic heterocycles. The van der Waals surface area contributed by atoms with Crippen molar-refractivity contribution in [3.63, 3.8) is 0 Å². The van der Waals surface area contributed by atoms with Gasteiger partial charge in [0.15, 0.2) is 11.0 Å². The van der Waals surface area contributed by atoms with Gasteiger partial charge < -0.3 is 9.47 Å². The van der Waals surface area contributed by atoms with E-state index >= 15 is 0 Å². The van der Waals surface area contributed by atoms with Gasteiger partial charge in [0.25, 0.3) is 5.91 Å². The topological polar surface area (TPSA) is 75.4 Å². The summed E-state index contributed by atoms with van der Waals surface area (Å²) in [6, 6.07) is 18.0. The molecule has 31 heavy (non-hydrogen) atoms. The Bertz CT molecular complexity index is 997. The zero-order valence-electron chi connectivity index (χ0n) is 18.2. The fraction of sp³-hybridized carbons (Fsp3) is 0.304. The molecule has 0 aliphatic rings. The molecule has 2 aromatic carbocycles. The predicted octanol–water partition coefficient (Wildman–Crippen LogP) is 4.05. The number of thioether (sulfide) groups is 1. The zero-order chi connectivity index (χ0) is 22.1. The molecule has 0 bridgehead atoms. The van der Waals surface area contributed by atoms with Gasteiger partial charge in [0.05, 0.1) is 12.0 Å². The van der Waals surface area contributed by atoms with Crippen LogP contribution in [0, 0.1) is 0 Å². The summed E-state index contributed by atoms with van der Waals surface area (Å²) in [5.74, 6) is 0.829. The van der Waals surface area contributed by atoms with E-state index in [-0.39, 0.29) is 11.7 Å². The third kappa shape index (κ3) is 5.95. The van der Waals surface area contributed by atoms with Crippen molar-refractivity contribution in [2.75, 3.05) is 23.7 Å². The molecule has 0 spiro atoms. The average molecular weight is 437 g/mol. The van der Waals surface area contributed by atoms with Crippen LogP contribution in [0.4, 0.5) is 5.69 Å². The van der Waals surface area contributed by atoms with E-state index in [9.17, 15) is 4.79 Å². The van der Waals surface area contributed by atoms with E-state index in [0.29, 0.717) is 5.16 Å². The lowest BCUT2D eigenvalue weighted by Crippen LogP contribution is -2.21. The van der Waals surface area contributed by atoms with Gasteiger partial charge >= 0.3 is 0 Å². The molecule has 0 saturated heterocycles. The maximum atomic E-state index is 12.2. The second-order valence-corrected chi connectivity index (χ2v) is 7.70. The van der Waals surface area contributed by atoms with Crippen molar-refractivity contribution in [1.29, 1.82) is 0 Å². The second kappa shape index (κ2) is 11.3. The molecule has 0 aliphatic carbocycles. The number of hydrogen-bond acceptors (Lipinski definition) is 6.